The predicted octanol–water partition coefficient (Wildman–Crippen LogP) is 1.62. The molecule has 4 nitrogen and oxygen atoms in total. The van der Waals surface area contributed by atoms with E-state index >= 15 is 0 Å². The SMILES string of the molecule is CC.COc1ccc(S(C)(=O)=O)cc1CO. The van der Waals surface area contributed by atoms with Crippen molar-refractivity contribution in [2.45, 2.75) is 25.3 Å². The van der Waals surface area contributed by atoms with Crippen LogP contribution in [0.4, 0.5) is 0 Å². The van der Waals surface area contributed by atoms with Crippen molar-refractivity contribution < 1.29 is 18.3 Å². The van der Waals surface area contributed by atoms with Gasteiger partial charge >= 0.3 is 0 Å². The average Bonchev–Trinajstić information content (AvgIpc) is 2.29. The molecule has 0 saturated carbocycles. The van der Waals surface area contributed by atoms with E-state index in [1.807, 2.05) is 13.8 Å². The van der Waals surface area contributed by atoms with Gasteiger partial charge in [-0.05, 0) is 18.2 Å². The molecule has 0 radical (unpaired) electrons. The molecule has 1 aromatic rings. The number of benzene rings is 1. The Bertz CT molecular complexity index is 424. The van der Waals surface area contributed by atoms with Crippen LogP contribution in [-0.4, -0.2) is 26.9 Å². The molecule has 1 N–H and O–H groups in total. The van der Waals surface area contributed by atoms with E-state index in [2.05, 4.69) is 0 Å². The Hall–Kier alpha value is -1.07. The highest BCUT2D eigenvalue weighted by molar-refractivity contribution is 7.90. The second kappa shape index (κ2) is 6.50. The monoisotopic (exact) mass is 246 g/mol. The van der Waals surface area contributed by atoms with Crippen LogP contribution in [0.5, 0.6) is 5.75 Å². The highest BCUT2D eigenvalue weighted by Crippen LogP contribution is 2.22. The molecule has 0 atom stereocenters. The molecule has 1 aromatic carbocycles. The minimum Gasteiger partial charge on any atom is -0.496 e. The summed E-state index contributed by atoms with van der Waals surface area (Å²) in [5.74, 6) is 0.486. The van der Waals surface area contributed by atoms with Gasteiger partial charge < -0.3 is 9.84 Å². The van der Waals surface area contributed by atoms with Gasteiger partial charge in [0.05, 0.1) is 18.6 Å². The Morgan fingerprint density at radius 3 is 2.25 bits per heavy atom. The van der Waals surface area contributed by atoms with Crippen LogP contribution in [0.3, 0.4) is 0 Å². The number of methoxy groups -OCH3 is 1. The van der Waals surface area contributed by atoms with Crippen LogP contribution in [0.15, 0.2) is 23.1 Å². The fourth-order valence-electron chi connectivity index (χ4n) is 1.11. The van der Waals surface area contributed by atoms with Crippen molar-refractivity contribution in [1.29, 1.82) is 0 Å². The van der Waals surface area contributed by atoms with Gasteiger partial charge in [0.15, 0.2) is 9.84 Å². The van der Waals surface area contributed by atoms with E-state index < -0.39 is 9.84 Å². The fraction of sp³-hybridized carbons (Fsp3) is 0.455. The second-order valence-electron chi connectivity index (χ2n) is 2.90. The van der Waals surface area contributed by atoms with Crippen molar-refractivity contribution in [3.63, 3.8) is 0 Å². The van der Waals surface area contributed by atoms with Gasteiger partial charge in [-0.1, -0.05) is 13.8 Å². The lowest BCUT2D eigenvalue weighted by Crippen LogP contribution is -2.00. The molecule has 0 heterocycles. The number of rotatable bonds is 3. The Kier molecular flexibility index (Phi) is 6.06. The number of ether oxygens (including phenoxy) is 1. The van der Waals surface area contributed by atoms with Gasteiger partial charge in [0.2, 0.25) is 0 Å². The van der Waals surface area contributed by atoms with Crippen LogP contribution in [0.25, 0.3) is 0 Å². The maximum absolute atomic E-state index is 11.2. The van der Waals surface area contributed by atoms with Crippen LogP contribution in [0.1, 0.15) is 19.4 Å². The maximum atomic E-state index is 11.2. The van der Waals surface area contributed by atoms with E-state index in [0.717, 1.165) is 6.26 Å². The minimum atomic E-state index is -3.23. The number of sulfone groups is 1. The van der Waals surface area contributed by atoms with Crippen LogP contribution >= 0.6 is 0 Å². The highest BCUT2D eigenvalue weighted by atomic mass is 32.2. The van der Waals surface area contributed by atoms with Crippen LogP contribution in [-0.2, 0) is 16.4 Å². The Morgan fingerprint density at radius 1 is 1.31 bits per heavy atom. The first kappa shape index (κ1) is 14.9. The zero-order valence-corrected chi connectivity index (χ0v) is 10.8. The number of hydrogen-bond donors (Lipinski definition) is 1. The molecule has 0 bridgehead atoms. The highest BCUT2D eigenvalue weighted by Gasteiger charge is 2.10. The summed E-state index contributed by atoms with van der Waals surface area (Å²) in [5.41, 5.74) is 0.468. The summed E-state index contributed by atoms with van der Waals surface area (Å²) in [4.78, 5) is 0.183. The largest absolute Gasteiger partial charge is 0.496 e. The molecule has 0 aliphatic carbocycles. The van der Waals surface area contributed by atoms with Crippen molar-refractivity contribution in [2.24, 2.45) is 0 Å². The summed E-state index contributed by atoms with van der Waals surface area (Å²) >= 11 is 0. The smallest absolute Gasteiger partial charge is 0.175 e. The van der Waals surface area contributed by atoms with Gasteiger partial charge in [0.1, 0.15) is 5.75 Å². The molecule has 0 amide bonds. The number of aliphatic hydroxyl groups is 1. The second-order valence-corrected chi connectivity index (χ2v) is 4.92. The van der Waals surface area contributed by atoms with Gasteiger partial charge in [-0.25, -0.2) is 8.42 Å². The molecular formula is C11H18O4S. The average molecular weight is 246 g/mol. The molecule has 1 rings (SSSR count). The molecule has 0 aliphatic heterocycles. The van der Waals surface area contributed by atoms with E-state index in [0.29, 0.717) is 11.3 Å². The summed E-state index contributed by atoms with van der Waals surface area (Å²) < 4.78 is 27.3. The van der Waals surface area contributed by atoms with E-state index in [-0.39, 0.29) is 11.5 Å². The van der Waals surface area contributed by atoms with Crippen molar-refractivity contribution in [1.82, 2.24) is 0 Å². The van der Waals surface area contributed by atoms with Crippen LogP contribution in [0.2, 0.25) is 0 Å². The van der Waals surface area contributed by atoms with E-state index in [4.69, 9.17) is 9.84 Å². The quantitative estimate of drug-likeness (QED) is 0.880. The molecular weight excluding hydrogens is 228 g/mol. The lowest BCUT2D eigenvalue weighted by molar-refractivity contribution is 0.273. The van der Waals surface area contributed by atoms with Crippen molar-refractivity contribution in [2.75, 3.05) is 13.4 Å². The molecule has 0 spiro atoms. The molecule has 0 aromatic heterocycles. The number of hydrogen-bond acceptors (Lipinski definition) is 4. The molecule has 0 fully saturated rings. The van der Waals surface area contributed by atoms with Gasteiger partial charge in [0, 0.05) is 11.8 Å². The lowest BCUT2D eigenvalue weighted by Gasteiger charge is -2.07. The maximum Gasteiger partial charge on any atom is 0.175 e. The third kappa shape index (κ3) is 3.83. The summed E-state index contributed by atoms with van der Waals surface area (Å²) in [7, 11) is -1.76. The molecule has 92 valence electrons. The topological polar surface area (TPSA) is 63.6 Å². The Morgan fingerprint density at radius 2 is 1.88 bits per heavy atom. The van der Waals surface area contributed by atoms with Crippen LogP contribution < -0.4 is 4.74 Å². The number of aliphatic hydroxyl groups excluding tert-OH is 1. The van der Waals surface area contributed by atoms with Gasteiger partial charge in [0.25, 0.3) is 0 Å². The fourth-order valence-corrected chi connectivity index (χ4v) is 1.78. The molecule has 0 saturated heterocycles. The summed E-state index contributed by atoms with van der Waals surface area (Å²) in [5, 5.41) is 8.96. The lowest BCUT2D eigenvalue weighted by atomic mass is 10.2. The summed E-state index contributed by atoms with van der Waals surface area (Å²) in [6.07, 6.45) is 1.12. The van der Waals surface area contributed by atoms with Crippen molar-refractivity contribution in [3.8, 4) is 5.75 Å². The summed E-state index contributed by atoms with van der Waals surface area (Å²) in [6, 6.07) is 4.39. The van der Waals surface area contributed by atoms with E-state index in [1.165, 1.54) is 25.3 Å². The van der Waals surface area contributed by atoms with Gasteiger partial charge in [-0.3, -0.25) is 0 Å². The Labute approximate surface area is 96.8 Å². The standard InChI is InChI=1S/C9H12O4S.C2H6/c1-13-9-4-3-8(14(2,11)12)5-7(9)6-10;1-2/h3-5,10H,6H2,1-2H3;1-2H3. The molecule has 5 heteroatoms. The van der Waals surface area contributed by atoms with E-state index in [9.17, 15) is 8.42 Å². The first-order chi connectivity index (χ1) is 7.49. The molecule has 0 unspecified atom stereocenters. The van der Waals surface area contributed by atoms with E-state index in [1.54, 1.807) is 0 Å². The zero-order valence-electron chi connectivity index (χ0n) is 10.0. The third-order valence-electron chi connectivity index (χ3n) is 1.85. The van der Waals surface area contributed by atoms with Crippen molar-refractivity contribution >= 4 is 9.84 Å². The first-order valence-electron chi connectivity index (χ1n) is 4.97. The van der Waals surface area contributed by atoms with Crippen molar-refractivity contribution in [3.05, 3.63) is 23.8 Å². The van der Waals surface area contributed by atoms with Gasteiger partial charge in [-0.2, -0.15) is 0 Å². The normalized spacial score (nSPS) is 10.3. The van der Waals surface area contributed by atoms with Gasteiger partial charge in [-0.15, -0.1) is 0 Å². The zero-order chi connectivity index (χ0) is 12.8. The first-order valence-corrected chi connectivity index (χ1v) is 6.86. The Balaban J connectivity index is 0.00000106. The van der Waals surface area contributed by atoms with Crippen LogP contribution in [0, 0.1) is 0 Å². The minimum absolute atomic E-state index is 0.183. The molecule has 0 aliphatic rings. The summed E-state index contributed by atoms with van der Waals surface area (Å²) in [6.45, 7) is 3.76. The third-order valence-corrected chi connectivity index (χ3v) is 2.96. The molecule has 16 heavy (non-hydrogen) atoms. The predicted molar refractivity (Wildman–Crippen MR) is 63.4 cm³/mol.